The quantitative estimate of drug-likeness (QED) is 0.727. The summed E-state index contributed by atoms with van der Waals surface area (Å²) in [4.78, 5) is 16.0. The van der Waals surface area contributed by atoms with Crippen LogP contribution in [0.4, 0.5) is 0 Å². The number of fused-ring (bicyclic) bond motifs is 1. The van der Waals surface area contributed by atoms with Gasteiger partial charge in [0.05, 0.1) is 5.52 Å². The molecule has 0 amide bonds. The molecule has 3 rings (SSSR count). The molecule has 0 aliphatic heterocycles. The van der Waals surface area contributed by atoms with Gasteiger partial charge in [-0.2, -0.15) is 0 Å². The first kappa shape index (κ1) is 10.9. The van der Waals surface area contributed by atoms with Crippen LogP contribution >= 0.6 is 31.9 Å². The number of halogens is 2. The number of H-pyrrole nitrogens is 1. The molecule has 0 saturated heterocycles. The van der Waals surface area contributed by atoms with E-state index in [4.69, 9.17) is 0 Å². The summed E-state index contributed by atoms with van der Waals surface area (Å²) in [7, 11) is 0. The first-order valence-corrected chi connectivity index (χ1v) is 6.43. The standard InChI is InChI=1S/C11H6Br2N4/c12-7-1-6(3-14-4-7)10-16-9-2-8(13)5-15-11(9)17-10/h1-5H,(H,15,16,17). The van der Waals surface area contributed by atoms with Gasteiger partial charge in [0.1, 0.15) is 5.82 Å². The van der Waals surface area contributed by atoms with Crippen molar-refractivity contribution in [1.82, 2.24) is 19.9 Å². The molecule has 0 fully saturated rings. The van der Waals surface area contributed by atoms with E-state index >= 15 is 0 Å². The molecule has 0 aromatic carbocycles. The number of pyridine rings is 2. The normalized spacial score (nSPS) is 10.9. The molecule has 0 saturated carbocycles. The third kappa shape index (κ3) is 2.10. The van der Waals surface area contributed by atoms with Crippen molar-refractivity contribution in [1.29, 1.82) is 0 Å². The van der Waals surface area contributed by atoms with E-state index in [0.29, 0.717) is 5.65 Å². The zero-order valence-electron chi connectivity index (χ0n) is 8.48. The van der Waals surface area contributed by atoms with Crippen LogP contribution in [0.5, 0.6) is 0 Å². The average molecular weight is 354 g/mol. The van der Waals surface area contributed by atoms with Crippen LogP contribution in [-0.2, 0) is 0 Å². The van der Waals surface area contributed by atoms with Crippen molar-refractivity contribution in [2.45, 2.75) is 0 Å². The molecule has 0 atom stereocenters. The fraction of sp³-hybridized carbons (Fsp3) is 0. The van der Waals surface area contributed by atoms with Gasteiger partial charge in [-0.1, -0.05) is 0 Å². The lowest BCUT2D eigenvalue weighted by atomic mass is 10.3. The Morgan fingerprint density at radius 1 is 1.00 bits per heavy atom. The molecule has 0 aliphatic rings. The monoisotopic (exact) mass is 352 g/mol. The number of hydrogen-bond acceptors (Lipinski definition) is 3. The Bertz CT molecular complexity index is 693. The zero-order chi connectivity index (χ0) is 11.8. The van der Waals surface area contributed by atoms with Crippen molar-refractivity contribution < 1.29 is 0 Å². The van der Waals surface area contributed by atoms with E-state index in [0.717, 1.165) is 25.8 Å². The molecule has 17 heavy (non-hydrogen) atoms. The average Bonchev–Trinajstić information content (AvgIpc) is 2.72. The maximum atomic E-state index is 4.42. The predicted octanol–water partition coefficient (Wildman–Crippen LogP) is 3.54. The van der Waals surface area contributed by atoms with Gasteiger partial charge in [0.15, 0.2) is 5.65 Å². The number of nitrogens with one attached hydrogen (secondary N) is 1. The number of nitrogens with zero attached hydrogens (tertiary/aromatic N) is 3. The van der Waals surface area contributed by atoms with Crippen LogP contribution in [0.15, 0.2) is 39.7 Å². The van der Waals surface area contributed by atoms with Crippen molar-refractivity contribution in [2.24, 2.45) is 0 Å². The highest BCUT2D eigenvalue weighted by Gasteiger charge is 2.07. The van der Waals surface area contributed by atoms with Gasteiger partial charge in [-0.15, -0.1) is 0 Å². The highest BCUT2D eigenvalue weighted by molar-refractivity contribution is 9.10. The molecule has 0 spiro atoms. The summed E-state index contributed by atoms with van der Waals surface area (Å²) in [5.74, 6) is 0.763. The van der Waals surface area contributed by atoms with E-state index in [1.54, 1.807) is 18.6 Å². The van der Waals surface area contributed by atoms with Crippen molar-refractivity contribution in [3.63, 3.8) is 0 Å². The minimum atomic E-state index is 0.697. The smallest absolute Gasteiger partial charge is 0.178 e. The Morgan fingerprint density at radius 2 is 1.82 bits per heavy atom. The predicted molar refractivity (Wildman–Crippen MR) is 72.5 cm³/mol. The van der Waals surface area contributed by atoms with E-state index in [2.05, 4.69) is 51.8 Å². The van der Waals surface area contributed by atoms with Gasteiger partial charge in [-0.3, -0.25) is 4.98 Å². The van der Waals surface area contributed by atoms with E-state index in [9.17, 15) is 0 Å². The Morgan fingerprint density at radius 3 is 2.65 bits per heavy atom. The van der Waals surface area contributed by atoms with E-state index in [-0.39, 0.29) is 0 Å². The van der Waals surface area contributed by atoms with Gasteiger partial charge in [-0.25, -0.2) is 9.97 Å². The Balaban J connectivity index is 2.18. The summed E-state index contributed by atoms with van der Waals surface area (Å²) in [6.07, 6.45) is 5.23. The molecule has 3 aromatic heterocycles. The van der Waals surface area contributed by atoms with Gasteiger partial charge in [0.25, 0.3) is 0 Å². The first-order chi connectivity index (χ1) is 8.22. The second-order valence-electron chi connectivity index (χ2n) is 3.50. The number of aromatic amines is 1. The maximum Gasteiger partial charge on any atom is 0.178 e. The maximum absolute atomic E-state index is 4.42. The minimum Gasteiger partial charge on any atom is -0.336 e. The van der Waals surface area contributed by atoms with Crippen molar-refractivity contribution >= 4 is 43.0 Å². The second kappa shape index (κ2) is 4.19. The fourth-order valence-electron chi connectivity index (χ4n) is 1.55. The van der Waals surface area contributed by atoms with Crippen LogP contribution in [-0.4, -0.2) is 19.9 Å². The molecule has 4 nitrogen and oxygen atoms in total. The molecular formula is C11H6Br2N4. The summed E-state index contributed by atoms with van der Waals surface area (Å²) in [5.41, 5.74) is 2.52. The topological polar surface area (TPSA) is 54.5 Å². The van der Waals surface area contributed by atoms with Crippen LogP contribution in [0.3, 0.4) is 0 Å². The van der Waals surface area contributed by atoms with Crippen molar-refractivity contribution in [3.05, 3.63) is 39.7 Å². The van der Waals surface area contributed by atoms with Crippen LogP contribution in [0.1, 0.15) is 0 Å². The molecule has 6 heteroatoms. The summed E-state index contributed by atoms with van der Waals surface area (Å²) in [6, 6.07) is 3.91. The van der Waals surface area contributed by atoms with Crippen LogP contribution < -0.4 is 0 Å². The molecule has 1 N–H and O–H groups in total. The fourth-order valence-corrected chi connectivity index (χ4v) is 2.25. The van der Waals surface area contributed by atoms with Crippen LogP contribution in [0.25, 0.3) is 22.6 Å². The van der Waals surface area contributed by atoms with Gasteiger partial charge >= 0.3 is 0 Å². The van der Waals surface area contributed by atoms with Gasteiger partial charge in [0.2, 0.25) is 0 Å². The van der Waals surface area contributed by atoms with Crippen molar-refractivity contribution in [2.75, 3.05) is 0 Å². The lowest BCUT2D eigenvalue weighted by molar-refractivity contribution is 1.25. The van der Waals surface area contributed by atoms with Gasteiger partial charge in [0, 0.05) is 33.1 Å². The number of imidazole rings is 1. The van der Waals surface area contributed by atoms with E-state index < -0.39 is 0 Å². The minimum absolute atomic E-state index is 0.697. The first-order valence-electron chi connectivity index (χ1n) is 4.84. The van der Waals surface area contributed by atoms with Gasteiger partial charge < -0.3 is 4.98 Å². The third-order valence-corrected chi connectivity index (χ3v) is 3.15. The lowest BCUT2D eigenvalue weighted by Crippen LogP contribution is -1.82. The van der Waals surface area contributed by atoms with Gasteiger partial charge in [-0.05, 0) is 44.0 Å². The molecule has 3 heterocycles. The summed E-state index contributed by atoms with van der Waals surface area (Å²) >= 11 is 6.77. The molecule has 3 aromatic rings. The molecule has 0 unspecified atom stereocenters. The molecule has 0 bridgehead atoms. The number of aromatic nitrogens is 4. The summed E-state index contributed by atoms with van der Waals surface area (Å²) in [5, 5.41) is 0. The Labute approximate surface area is 114 Å². The highest BCUT2D eigenvalue weighted by Crippen LogP contribution is 2.22. The number of hydrogen-bond donors (Lipinski definition) is 1. The SMILES string of the molecule is Brc1cncc(-c2nc3ncc(Br)cc3[nH]2)c1. The molecule has 84 valence electrons. The molecule has 0 radical (unpaired) electrons. The highest BCUT2D eigenvalue weighted by atomic mass is 79.9. The number of rotatable bonds is 1. The Kier molecular flexibility index (Phi) is 2.68. The zero-order valence-corrected chi connectivity index (χ0v) is 11.7. The van der Waals surface area contributed by atoms with Crippen LogP contribution in [0, 0.1) is 0 Å². The molecule has 0 aliphatic carbocycles. The Hall–Kier alpha value is -1.27. The summed E-state index contributed by atoms with van der Waals surface area (Å²) < 4.78 is 1.84. The lowest BCUT2D eigenvalue weighted by Gasteiger charge is -1.95. The van der Waals surface area contributed by atoms with Crippen molar-refractivity contribution in [3.8, 4) is 11.4 Å². The van der Waals surface area contributed by atoms with E-state index in [1.807, 2.05) is 12.1 Å². The second-order valence-corrected chi connectivity index (χ2v) is 5.33. The largest absolute Gasteiger partial charge is 0.336 e. The molecular weight excluding hydrogens is 348 g/mol. The van der Waals surface area contributed by atoms with Crippen LogP contribution in [0.2, 0.25) is 0 Å². The van der Waals surface area contributed by atoms with E-state index in [1.165, 1.54) is 0 Å². The third-order valence-electron chi connectivity index (χ3n) is 2.28. The summed E-state index contributed by atoms with van der Waals surface area (Å²) in [6.45, 7) is 0.